The first-order valence-corrected chi connectivity index (χ1v) is 11.6. The van der Waals surface area contributed by atoms with E-state index in [0.717, 1.165) is 37.6 Å². The molecule has 0 unspecified atom stereocenters. The average Bonchev–Trinajstić information content (AvgIpc) is 3.45. The minimum atomic E-state index is -0.254. The predicted octanol–water partition coefficient (Wildman–Crippen LogP) is 3.67. The van der Waals surface area contributed by atoms with Gasteiger partial charge in [-0.1, -0.05) is 30.3 Å². The zero-order chi connectivity index (χ0) is 21.0. The van der Waals surface area contributed by atoms with Gasteiger partial charge >= 0.3 is 6.09 Å². The summed E-state index contributed by atoms with van der Waals surface area (Å²) in [6.45, 7) is 5.42. The minimum absolute atomic E-state index is 0.254. The second-order valence-corrected chi connectivity index (χ2v) is 8.88. The molecular weight excluding hydrogens is 388 g/mol. The van der Waals surface area contributed by atoms with Crippen molar-refractivity contribution in [2.45, 2.75) is 37.3 Å². The molecular formula is C25H32N4O2. The number of ether oxygens (including phenoxy) is 1. The van der Waals surface area contributed by atoms with E-state index in [1.807, 2.05) is 24.3 Å². The number of nitrogens with zero attached hydrogens (tertiary/aromatic N) is 2. The van der Waals surface area contributed by atoms with Crippen molar-refractivity contribution in [3.05, 3.63) is 60.2 Å². The van der Waals surface area contributed by atoms with Crippen LogP contribution in [0.15, 0.2) is 54.6 Å². The molecule has 1 amide bonds. The number of amides is 1. The van der Waals surface area contributed by atoms with Crippen LogP contribution in [-0.2, 0) is 4.74 Å². The molecule has 6 nitrogen and oxygen atoms in total. The number of nitrogens with one attached hydrogen (secondary N) is 2. The number of likely N-dealkylation sites (tertiary alicyclic amines) is 1. The summed E-state index contributed by atoms with van der Waals surface area (Å²) in [7, 11) is 0. The standard InChI is InChI=1S/C25H32N4O2/c30-25-29(16-17-31-25)22-8-6-20(7-9-22)26-12-15-28-13-10-21(11-14-28)27-24-18-23(24)19-4-2-1-3-5-19/h1-9,21,23-24,26-27H,10-18H2/t23-,24+/m0/s1. The molecule has 2 aromatic carbocycles. The fourth-order valence-electron chi connectivity index (χ4n) is 4.82. The van der Waals surface area contributed by atoms with E-state index < -0.39 is 0 Å². The van der Waals surface area contributed by atoms with Crippen LogP contribution in [0, 0.1) is 0 Å². The highest BCUT2D eigenvalue weighted by atomic mass is 16.6. The molecule has 2 saturated heterocycles. The third-order valence-corrected chi connectivity index (χ3v) is 6.75. The number of carbonyl (C=O) groups is 1. The lowest BCUT2D eigenvalue weighted by Gasteiger charge is -2.32. The summed E-state index contributed by atoms with van der Waals surface area (Å²) in [5.41, 5.74) is 3.47. The van der Waals surface area contributed by atoms with Gasteiger partial charge in [-0.3, -0.25) is 4.90 Å². The van der Waals surface area contributed by atoms with Crippen molar-refractivity contribution < 1.29 is 9.53 Å². The largest absolute Gasteiger partial charge is 0.447 e. The zero-order valence-electron chi connectivity index (χ0n) is 18.0. The van der Waals surface area contributed by atoms with Crippen LogP contribution in [-0.4, -0.2) is 62.4 Å². The van der Waals surface area contributed by atoms with Crippen LogP contribution in [0.2, 0.25) is 0 Å². The molecule has 2 aliphatic heterocycles. The maximum atomic E-state index is 11.7. The highest BCUT2D eigenvalue weighted by Crippen LogP contribution is 2.41. The van der Waals surface area contributed by atoms with E-state index in [1.165, 1.54) is 24.8 Å². The molecule has 1 saturated carbocycles. The fraction of sp³-hybridized carbons (Fsp3) is 0.480. The van der Waals surface area contributed by atoms with E-state index in [1.54, 1.807) is 4.90 Å². The van der Waals surface area contributed by atoms with Crippen molar-refractivity contribution >= 4 is 17.5 Å². The number of piperidine rings is 1. The Hall–Kier alpha value is -2.57. The molecule has 0 aromatic heterocycles. The zero-order valence-corrected chi connectivity index (χ0v) is 18.0. The molecule has 3 aliphatic rings. The molecule has 1 aliphatic carbocycles. The quantitative estimate of drug-likeness (QED) is 0.683. The van der Waals surface area contributed by atoms with Crippen molar-refractivity contribution in [2.24, 2.45) is 0 Å². The van der Waals surface area contributed by atoms with Gasteiger partial charge in [-0.2, -0.15) is 0 Å². The molecule has 164 valence electrons. The maximum absolute atomic E-state index is 11.7. The van der Waals surface area contributed by atoms with Crippen molar-refractivity contribution in [3.63, 3.8) is 0 Å². The van der Waals surface area contributed by atoms with Gasteiger partial charge < -0.3 is 20.3 Å². The normalized spacial score (nSPS) is 24.3. The van der Waals surface area contributed by atoms with E-state index in [0.29, 0.717) is 31.2 Å². The van der Waals surface area contributed by atoms with Gasteiger partial charge in [0.15, 0.2) is 0 Å². The van der Waals surface area contributed by atoms with E-state index in [-0.39, 0.29) is 6.09 Å². The Morgan fingerprint density at radius 2 is 1.74 bits per heavy atom. The van der Waals surface area contributed by atoms with Crippen LogP contribution in [0.25, 0.3) is 0 Å². The summed E-state index contributed by atoms with van der Waals surface area (Å²) >= 11 is 0. The minimum Gasteiger partial charge on any atom is -0.447 e. The van der Waals surface area contributed by atoms with Crippen LogP contribution in [0.3, 0.4) is 0 Å². The van der Waals surface area contributed by atoms with E-state index in [4.69, 9.17) is 4.74 Å². The number of hydrogen-bond donors (Lipinski definition) is 2. The second kappa shape index (κ2) is 9.28. The Kier molecular flexibility index (Phi) is 6.09. The van der Waals surface area contributed by atoms with Gasteiger partial charge in [0, 0.05) is 42.5 Å². The summed E-state index contributed by atoms with van der Waals surface area (Å²) in [4.78, 5) is 15.9. The molecule has 2 atom stereocenters. The maximum Gasteiger partial charge on any atom is 0.414 e. The highest BCUT2D eigenvalue weighted by Gasteiger charge is 2.39. The van der Waals surface area contributed by atoms with Gasteiger partial charge in [0.1, 0.15) is 6.61 Å². The first kappa shape index (κ1) is 20.3. The summed E-state index contributed by atoms with van der Waals surface area (Å²) < 4.78 is 5.00. The van der Waals surface area contributed by atoms with Gasteiger partial charge in [-0.25, -0.2) is 4.79 Å². The molecule has 5 rings (SSSR count). The lowest BCUT2D eigenvalue weighted by atomic mass is 10.0. The fourth-order valence-corrected chi connectivity index (χ4v) is 4.82. The van der Waals surface area contributed by atoms with Gasteiger partial charge in [0.25, 0.3) is 0 Å². The highest BCUT2D eigenvalue weighted by molar-refractivity contribution is 5.89. The second-order valence-electron chi connectivity index (χ2n) is 8.88. The van der Waals surface area contributed by atoms with Crippen LogP contribution < -0.4 is 15.5 Å². The molecule has 2 aromatic rings. The first-order valence-electron chi connectivity index (χ1n) is 11.6. The molecule has 0 bridgehead atoms. The number of rotatable bonds is 8. The smallest absolute Gasteiger partial charge is 0.414 e. The average molecular weight is 421 g/mol. The Morgan fingerprint density at radius 3 is 2.45 bits per heavy atom. The summed E-state index contributed by atoms with van der Waals surface area (Å²) in [5, 5.41) is 7.40. The number of anilines is 2. The van der Waals surface area contributed by atoms with Gasteiger partial charge in [-0.15, -0.1) is 0 Å². The molecule has 2 N–H and O–H groups in total. The van der Waals surface area contributed by atoms with E-state index in [2.05, 4.69) is 45.9 Å². The molecule has 0 radical (unpaired) electrons. The summed E-state index contributed by atoms with van der Waals surface area (Å²) in [5.74, 6) is 0.714. The van der Waals surface area contributed by atoms with E-state index >= 15 is 0 Å². The molecule has 6 heteroatoms. The van der Waals surface area contributed by atoms with Crippen LogP contribution in [0.4, 0.5) is 16.2 Å². The number of cyclic esters (lactones) is 1. The third-order valence-electron chi connectivity index (χ3n) is 6.75. The molecule has 3 fully saturated rings. The monoisotopic (exact) mass is 420 g/mol. The number of hydrogen-bond acceptors (Lipinski definition) is 5. The molecule has 2 heterocycles. The Balaban J connectivity index is 0.992. The van der Waals surface area contributed by atoms with Crippen LogP contribution >= 0.6 is 0 Å². The van der Waals surface area contributed by atoms with Gasteiger partial charge in [0.2, 0.25) is 0 Å². The Morgan fingerprint density at radius 1 is 0.968 bits per heavy atom. The van der Waals surface area contributed by atoms with Crippen molar-refractivity contribution in [2.75, 3.05) is 49.5 Å². The van der Waals surface area contributed by atoms with Crippen molar-refractivity contribution in [3.8, 4) is 0 Å². The Labute approximate surface area is 184 Å². The Bertz CT molecular complexity index is 865. The lowest BCUT2D eigenvalue weighted by molar-refractivity contribution is 0.181. The number of benzene rings is 2. The first-order chi connectivity index (χ1) is 15.3. The predicted molar refractivity (Wildman–Crippen MR) is 124 cm³/mol. The van der Waals surface area contributed by atoms with Crippen LogP contribution in [0.1, 0.15) is 30.7 Å². The van der Waals surface area contributed by atoms with Crippen molar-refractivity contribution in [1.82, 2.24) is 10.2 Å². The third kappa shape index (κ3) is 5.02. The van der Waals surface area contributed by atoms with Gasteiger partial charge in [0.05, 0.1) is 6.54 Å². The van der Waals surface area contributed by atoms with Crippen molar-refractivity contribution in [1.29, 1.82) is 0 Å². The van der Waals surface area contributed by atoms with E-state index in [9.17, 15) is 4.79 Å². The topological polar surface area (TPSA) is 56.8 Å². The van der Waals surface area contributed by atoms with Crippen LogP contribution in [0.5, 0.6) is 0 Å². The summed E-state index contributed by atoms with van der Waals surface area (Å²) in [6.07, 6.45) is 3.50. The summed E-state index contributed by atoms with van der Waals surface area (Å²) in [6, 6.07) is 20.3. The molecule has 31 heavy (non-hydrogen) atoms. The SMILES string of the molecule is O=C1OCCN1c1ccc(NCCN2CCC(N[C@@H]3C[C@H]3c3ccccc3)CC2)cc1. The molecule has 0 spiro atoms. The van der Waals surface area contributed by atoms with Gasteiger partial charge in [-0.05, 0) is 62.2 Å². The number of carbonyl (C=O) groups excluding carboxylic acids is 1. The lowest BCUT2D eigenvalue weighted by Crippen LogP contribution is -2.44.